The molecule has 1 atom stereocenters. The Labute approximate surface area is 156 Å². The number of anilines is 1. The fourth-order valence-electron chi connectivity index (χ4n) is 3.61. The normalized spacial score (nSPS) is 17.2. The average molecular weight is 352 g/mol. The number of benzene rings is 1. The molecule has 0 saturated carbocycles. The summed E-state index contributed by atoms with van der Waals surface area (Å²) in [7, 11) is 0. The Morgan fingerprint density at radius 2 is 1.92 bits per heavy atom. The van der Waals surface area contributed by atoms with E-state index in [1.54, 1.807) is 4.90 Å². The minimum Gasteiger partial charge on any atom is -0.352 e. The maximum Gasteiger partial charge on any atom is 0.274 e. The summed E-state index contributed by atoms with van der Waals surface area (Å²) >= 11 is 0. The standard InChI is InChI=1S/C21H28N4O/c1-3-18-12-8-9-15-25(18)20-14-13-19(22-23-20)21(26)24(4-2)16-17-10-6-5-7-11-17/h5-7,10-11,13-14,18H,3-4,8-9,12,15-16H2,1-2H3. The molecule has 138 valence electrons. The highest BCUT2D eigenvalue weighted by Crippen LogP contribution is 2.24. The summed E-state index contributed by atoms with van der Waals surface area (Å²) in [4.78, 5) is 16.9. The lowest BCUT2D eigenvalue weighted by Crippen LogP contribution is -2.40. The van der Waals surface area contributed by atoms with Gasteiger partial charge in [0.15, 0.2) is 11.5 Å². The Hall–Kier alpha value is -2.43. The van der Waals surface area contributed by atoms with E-state index in [0.29, 0.717) is 24.8 Å². The molecule has 5 nitrogen and oxygen atoms in total. The molecule has 1 unspecified atom stereocenters. The van der Waals surface area contributed by atoms with E-state index in [2.05, 4.69) is 22.0 Å². The Kier molecular flexibility index (Phi) is 6.21. The number of carbonyl (C=O) groups excluding carboxylic acids is 1. The lowest BCUT2D eigenvalue weighted by molar-refractivity contribution is 0.0745. The highest BCUT2D eigenvalue weighted by atomic mass is 16.2. The van der Waals surface area contributed by atoms with Gasteiger partial charge in [-0.2, -0.15) is 0 Å². The van der Waals surface area contributed by atoms with Crippen molar-refractivity contribution in [3.8, 4) is 0 Å². The topological polar surface area (TPSA) is 49.3 Å². The smallest absolute Gasteiger partial charge is 0.274 e. The lowest BCUT2D eigenvalue weighted by atomic mass is 10.0. The summed E-state index contributed by atoms with van der Waals surface area (Å²) in [5.74, 6) is 0.820. The van der Waals surface area contributed by atoms with E-state index in [-0.39, 0.29) is 5.91 Å². The predicted octanol–water partition coefficient (Wildman–Crippen LogP) is 3.91. The summed E-state index contributed by atoms with van der Waals surface area (Å²) in [6.07, 6.45) is 4.80. The van der Waals surface area contributed by atoms with Crippen molar-refractivity contribution in [2.45, 2.75) is 52.1 Å². The molecule has 0 radical (unpaired) electrons. The van der Waals surface area contributed by atoms with Crippen LogP contribution in [0.4, 0.5) is 5.82 Å². The van der Waals surface area contributed by atoms with E-state index in [4.69, 9.17) is 0 Å². The van der Waals surface area contributed by atoms with Gasteiger partial charge in [0.25, 0.3) is 5.91 Å². The summed E-state index contributed by atoms with van der Waals surface area (Å²) in [6, 6.07) is 14.3. The van der Waals surface area contributed by atoms with E-state index in [0.717, 1.165) is 24.3 Å². The number of rotatable bonds is 6. The molecule has 1 amide bonds. The molecule has 1 aliphatic heterocycles. The number of aromatic nitrogens is 2. The Bertz CT molecular complexity index is 702. The number of nitrogens with zero attached hydrogens (tertiary/aromatic N) is 4. The van der Waals surface area contributed by atoms with E-state index >= 15 is 0 Å². The number of amides is 1. The molecular weight excluding hydrogens is 324 g/mol. The van der Waals surface area contributed by atoms with Gasteiger partial charge in [-0.1, -0.05) is 37.3 Å². The lowest BCUT2D eigenvalue weighted by Gasteiger charge is -2.35. The minimum atomic E-state index is -0.0684. The molecule has 1 aromatic carbocycles. The molecular formula is C21H28N4O. The first-order valence-electron chi connectivity index (χ1n) is 9.66. The van der Waals surface area contributed by atoms with E-state index < -0.39 is 0 Å². The van der Waals surface area contributed by atoms with Crippen LogP contribution in [0.1, 0.15) is 55.6 Å². The van der Waals surface area contributed by atoms with E-state index in [1.807, 2.05) is 49.4 Å². The van der Waals surface area contributed by atoms with Gasteiger partial charge in [-0.3, -0.25) is 4.79 Å². The first kappa shape index (κ1) is 18.4. The summed E-state index contributed by atoms with van der Waals surface area (Å²) in [5.41, 5.74) is 1.53. The molecule has 2 aromatic rings. The zero-order chi connectivity index (χ0) is 18.4. The van der Waals surface area contributed by atoms with E-state index in [1.165, 1.54) is 19.3 Å². The van der Waals surface area contributed by atoms with E-state index in [9.17, 15) is 4.79 Å². The highest BCUT2D eigenvalue weighted by molar-refractivity contribution is 5.92. The van der Waals surface area contributed by atoms with Crippen molar-refractivity contribution < 1.29 is 4.79 Å². The Morgan fingerprint density at radius 1 is 1.12 bits per heavy atom. The Morgan fingerprint density at radius 3 is 2.58 bits per heavy atom. The number of hydrogen-bond donors (Lipinski definition) is 0. The summed E-state index contributed by atoms with van der Waals surface area (Å²) in [6.45, 7) is 6.46. The number of piperidine rings is 1. The third-order valence-electron chi connectivity index (χ3n) is 5.15. The van der Waals surface area contributed by atoms with Crippen molar-refractivity contribution in [3.05, 3.63) is 53.7 Å². The molecule has 1 aliphatic rings. The fourth-order valence-corrected chi connectivity index (χ4v) is 3.61. The van der Waals surface area contributed by atoms with Crippen molar-refractivity contribution in [1.29, 1.82) is 0 Å². The van der Waals surface area contributed by atoms with Gasteiger partial charge in [-0.05, 0) is 50.3 Å². The second-order valence-electron chi connectivity index (χ2n) is 6.83. The molecule has 1 fully saturated rings. The number of carbonyl (C=O) groups is 1. The monoisotopic (exact) mass is 352 g/mol. The second-order valence-corrected chi connectivity index (χ2v) is 6.83. The van der Waals surface area contributed by atoms with Crippen LogP contribution in [-0.2, 0) is 6.54 Å². The molecule has 1 aromatic heterocycles. The molecule has 5 heteroatoms. The van der Waals surface area contributed by atoms with Crippen LogP contribution in [0, 0.1) is 0 Å². The van der Waals surface area contributed by atoms with Crippen LogP contribution >= 0.6 is 0 Å². The predicted molar refractivity (Wildman–Crippen MR) is 104 cm³/mol. The third kappa shape index (κ3) is 4.21. The first-order valence-corrected chi connectivity index (χ1v) is 9.66. The zero-order valence-electron chi connectivity index (χ0n) is 15.8. The minimum absolute atomic E-state index is 0.0684. The second kappa shape index (κ2) is 8.79. The van der Waals surface area contributed by atoms with Crippen LogP contribution in [-0.4, -0.2) is 40.1 Å². The van der Waals surface area contributed by atoms with Crippen molar-refractivity contribution in [2.75, 3.05) is 18.0 Å². The molecule has 1 saturated heterocycles. The van der Waals surface area contributed by atoms with Crippen LogP contribution < -0.4 is 4.90 Å². The largest absolute Gasteiger partial charge is 0.352 e. The van der Waals surface area contributed by atoms with Crippen molar-refractivity contribution in [1.82, 2.24) is 15.1 Å². The van der Waals surface area contributed by atoms with Crippen LogP contribution in [0.15, 0.2) is 42.5 Å². The summed E-state index contributed by atoms with van der Waals surface area (Å²) in [5, 5.41) is 8.62. The van der Waals surface area contributed by atoms with Gasteiger partial charge in [0.1, 0.15) is 0 Å². The first-order chi connectivity index (χ1) is 12.7. The van der Waals surface area contributed by atoms with Crippen LogP contribution in [0.25, 0.3) is 0 Å². The van der Waals surface area contributed by atoms with Crippen LogP contribution in [0.5, 0.6) is 0 Å². The fraction of sp³-hybridized carbons (Fsp3) is 0.476. The third-order valence-corrected chi connectivity index (χ3v) is 5.15. The zero-order valence-corrected chi connectivity index (χ0v) is 15.8. The molecule has 0 bridgehead atoms. The summed E-state index contributed by atoms with van der Waals surface area (Å²) < 4.78 is 0. The van der Waals surface area contributed by atoms with Gasteiger partial charge in [0, 0.05) is 25.7 Å². The maximum absolute atomic E-state index is 12.8. The van der Waals surface area contributed by atoms with Gasteiger partial charge in [-0.25, -0.2) is 0 Å². The van der Waals surface area contributed by atoms with Crippen molar-refractivity contribution >= 4 is 11.7 Å². The molecule has 0 aliphatic carbocycles. The molecule has 2 heterocycles. The van der Waals surface area contributed by atoms with Crippen LogP contribution in [0.3, 0.4) is 0 Å². The number of hydrogen-bond acceptors (Lipinski definition) is 4. The molecule has 0 N–H and O–H groups in total. The van der Waals surface area contributed by atoms with Gasteiger partial charge < -0.3 is 9.80 Å². The molecule has 26 heavy (non-hydrogen) atoms. The average Bonchev–Trinajstić information content (AvgIpc) is 2.72. The van der Waals surface area contributed by atoms with Crippen LogP contribution in [0.2, 0.25) is 0 Å². The van der Waals surface area contributed by atoms with Crippen molar-refractivity contribution in [3.63, 3.8) is 0 Å². The van der Waals surface area contributed by atoms with Gasteiger partial charge in [0.05, 0.1) is 0 Å². The van der Waals surface area contributed by atoms with Gasteiger partial charge in [-0.15, -0.1) is 10.2 Å². The highest BCUT2D eigenvalue weighted by Gasteiger charge is 2.23. The molecule has 3 rings (SSSR count). The maximum atomic E-state index is 12.8. The SMILES string of the molecule is CCC1CCCCN1c1ccc(C(=O)N(CC)Cc2ccccc2)nn1. The molecule has 0 spiro atoms. The Balaban J connectivity index is 1.71. The van der Waals surface area contributed by atoms with Gasteiger partial charge in [0.2, 0.25) is 0 Å². The van der Waals surface area contributed by atoms with Gasteiger partial charge >= 0.3 is 0 Å². The quantitative estimate of drug-likeness (QED) is 0.791. The van der Waals surface area contributed by atoms with Crippen molar-refractivity contribution in [2.24, 2.45) is 0 Å².